The van der Waals surface area contributed by atoms with Crippen molar-refractivity contribution in [2.24, 2.45) is 0 Å². The van der Waals surface area contributed by atoms with E-state index in [0.717, 1.165) is 11.0 Å². The Morgan fingerprint density at radius 1 is 1.61 bits per heavy atom. The summed E-state index contributed by atoms with van der Waals surface area (Å²) < 4.78 is 0. The van der Waals surface area contributed by atoms with Crippen molar-refractivity contribution in [2.75, 3.05) is 6.54 Å². The smallest absolute Gasteiger partial charge is 0.320 e. The molecule has 0 aromatic carbocycles. The number of nitrogens with one attached hydrogen (secondary N) is 2. The number of H-pyrrole nitrogens is 1. The Bertz CT molecular complexity index is 513. The minimum Gasteiger partial charge on any atom is -0.521 e. The Morgan fingerprint density at radius 3 is 2.83 bits per heavy atom. The average molecular weight is 491 g/mol. The fourth-order valence-corrected chi connectivity index (χ4v) is 1.20. The van der Waals surface area contributed by atoms with Crippen molar-refractivity contribution < 1.29 is 14.7 Å². The second-order valence-electron chi connectivity index (χ2n) is 3.22. The number of hydrogen-bond donors (Lipinski definition) is 3. The number of rotatable bonds is 3. The zero-order valence-corrected chi connectivity index (χ0v) is 11.9. The molecule has 0 bridgehead atoms. The summed E-state index contributed by atoms with van der Waals surface area (Å²) >= 11 is 0. The van der Waals surface area contributed by atoms with Gasteiger partial charge in [-0.05, 0) is 24.6 Å². The third-order valence-electron chi connectivity index (χ3n) is 1.94. The van der Waals surface area contributed by atoms with E-state index in [4.69, 9.17) is 5.11 Å². The van der Waals surface area contributed by atoms with Crippen molar-refractivity contribution in [3.63, 3.8) is 0 Å². The van der Waals surface area contributed by atoms with Crippen LogP contribution in [0.15, 0.2) is 24.5 Å². The van der Waals surface area contributed by atoms with Crippen molar-refractivity contribution in [2.45, 2.75) is 6.92 Å². The van der Waals surface area contributed by atoms with E-state index in [1.807, 2.05) is 36.8 Å². The van der Waals surface area contributed by atoms with Gasteiger partial charge >= 0.3 is 5.97 Å². The SMILES string of the molecule is Cc1c[nH]c2cccnc12.O=[C-]NCC(=O)O.[Fm]. The average Bonchev–Trinajstić information content (AvgIpc) is 2.70. The van der Waals surface area contributed by atoms with Crippen molar-refractivity contribution >= 4 is 23.4 Å². The fourth-order valence-electron chi connectivity index (χ4n) is 1.20. The van der Waals surface area contributed by atoms with Gasteiger partial charge in [0.15, 0.2) is 0 Å². The second kappa shape index (κ2) is 7.00. The van der Waals surface area contributed by atoms with Gasteiger partial charge in [-0.15, -0.1) is 0 Å². The second-order valence-corrected chi connectivity index (χ2v) is 3.22. The normalized spacial score (nSPS) is 8.72. The molecular formula is C11H12FmN3O3-. The number of carbonyl (C=O) groups is 1. The Labute approximate surface area is 97.7 Å². The van der Waals surface area contributed by atoms with E-state index in [0.29, 0.717) is 0 Å². The van der Waals surface area contributed by atoms with Gasteiger partial charge in [-0.3, -0.25) is 9.78 Å². The minimum absolute atomic E-state index is 0. The van der Waals surface area contributed by atoms with Gasteiger partial charge in [-0.2, -0.15) is 6.41 Å². The first-order valence-electron chi connectivity index (χ1n) is 4.85. The van der Waals surface area contributed by atoms with E-state index in [2.05, 4.69) is 9.97 Å². The van der Waals surface area contributed by atoms with E-state index in [-0.39, 0.29) is 6.54 Å². The summed E-state index contributed by atoms with van der Waals surface area (Å²) in [5.74, 6) is -1.07. The summed E-state index contributed by atoms with van der Waals surface area (Å²) in [4.78, 5) is 26.1. The first-order chi connectivity index (χ1) is 8.15. The molecule has 102 valence electrons. The predicted octanol–water partition coefficient (Wildman–Crippen LogP) is 0.599. The van der Waals surface area contributed by atoms with Crippen LogP contribution in [0.1, 0.15) is 5.56 Å². The Morgan fingerprint density at radius 2 is 2.33 bits per heavy atom. The summed E-state index contributed by atoms with van der Waals surface area (Å²) in [6.07, 6.45) is 5.00. The fraction of sp³-hybridized carbons (Fsp3) is 0.182. The Hall–Kier alpha value is -3.37. The third-order valence-corrected chi connectivity index (χ3v) is 1.94. The molecule has 0 saturated carbocycles. The van der Waals surface area contributed by atoms with Crippen molar-refractivity contribution in [1.29, 1.82) is 0 Å². The van der Waals surface area contributed by atoms with Gasteiger partial charge in [-0.1, -0.05) is 0 Å². The molecule has 6 nitrogen and oxygen atoms in total. The van der Waals surface area contributed by atoms with Crippen LogP contribution < -0.4 is 5.32 Å². The van der Waals surface area contributed by atoms with E-state index >= 15 is 0 Å². The van der Waals surface area contributed by atoms with Crippen LogP contribution in [0.2, 0.25) is 0 Å². The van der Waals surface area contributed by atoms with E-state index in [9.17, 15) is 9.59 Å². The number of aromatic amines is 1. The molecular weight excluding hydrogens is 479 g/mol. The molecule has 0 aliphatic rings. The molecule has 7 heteroatoms. The van der Waals surface area contributed by atoms with Crippen LogP contribution in [0.5, 0.6) is 0 Å². The van der Waals surface area contributed by atoms with Crippen molar-refractivity contribution in [3.8, 4) is 0 Å². The maximum absolute atomic E-state index is 9.52. The van der Waals surface area contributed by atoms with E-state index in [1.54, 1.807) is 0 Å². The summed E-state index contributed by atoms with van der Waals surface area (Å²) in [5.41, 5.74) is 3.39. The number of carbonyl (C=O) groups excluding carboxylic acids is 1. The molecule has 0 fully saturated rings. The van der Waals surface area contributed by atoms with Crippen LogP contribution in [0.25, 0.3) is 11.0 Å². The van der Waals surface area contributed by atoms with Crippen molar-refractivity contribution in [1.82, 2.24) is 15.3 Å². The molecule has 0 atom stereocenters. The number of fused-ring (bicyclic) bond motifs is 1. The molecule has 0 radical (unpaired) electrons. The number of hydrogen-bond acceptors (Lipinski definition) is 3. The monoisotopic (exact) mass is 491 g/mol. The van der Waals surface area contributed by atoms with Gasteiger partial charge in [0.25, 0.3) is 0 Å². The molecule has 0 aliphatic carbocycles. The maximum Gasteiger partial charge on any atom is 0.320 e. The standard InChI is InChI=1S/C8H8N2.C3H4NO3.Fm/c1-6-5-10-7-3-2-4-9-8(6)7;5-2-4-1-3(6)7;/h2-5,10H,1H3;1H2,(H,4,5)(H,6,7);/q;-1;. The van der Waals surface area contributed by atoms with E-state index < -0.39 is 5.97 Å². The van der Waals surface area contributed by atoms with Gasteiger partial charge in [-0.25, -0.2) is 0 Å². The first-order valence-corrected chi connectivity index (χ1v) is 4.85. The van der Waals surface area contributed by atoms with Crippen molar-refractivity contribution in [3.05, 3.63) is 30.1 Å². The molecule has 2 heterocycles. The van der Waals surface area contributed by atoms with Crippen LogP contribution in [-0.4, -0.2) is 34.0 Å². The molecule has 18 heavy (non-hydrogen) atoms. The number of nitrogens with zero attached hydrogens (tertiary/aromatic N) is 1. The topological polar surface area (TPSA) is 95.1 Å². The minimum atomic E-state index is -1.07. The number of aryl methyl sites for hydroxylation is 1. The summed E-state index contributed by atoms with van der Waals surface area (Å²) in [5, 5.41) is 9.65. The summed E-state index contributed by atoms with van der Waals surface area (Å²) in [7, 11) is 0. The van der Waals surface area contributed by atoms with Crippen LogP contribution in [-0.2, 0) is 9.59 Å². The molecule has 2 rings (SSSR count). The number of carboxylic acids is 1. The van der Waals surface area contributed by atoms with E-state index in [1.165, 1.54) is 12.0 Å². The zero-order valence-electron chi connectivity index (χ0n) is 9.52. The zero-order chi connectivity index (χ0) is 12.7. The molecule has 0 spiro atoms. The molecule has 0 saturated heterocycles. The number of carboxylic acid groups (broad SMARTS) is 1. The van der Waals surface area contributed by atoms with Gasteiger partial charge in [0, 0.05) is 12.4 Å². The maximum atomic E-state index is 9.52. The van der Waals surface area contributed by atoms with Crippen LogP contribution in [0.4, 0.5) is 0 Å². The van der Waals surface area contributed by atoms with Crippen LogP contribution >= 0.6 is 0 Å². The Balaban J connectivity index is 0.000000326. The predicted molar refractivity (Wildman–Crippen MR) is 62.2 cm³/mol. The third kappa shape index (κ3) is 4.01. The first kappa shape index (κ1) is 14.6. The largest absolute Gasteiger partial charge is 0.521 e. The molecule has 2 aromatic heterocycles. The van der Waals surface area contributed by atoms with Gasteiger partial charge in [0.1, 0.15) is 0 Å². The molecule has 0 aliphatic heterocycles. The number of pyridine rings is 1. The van der Waals surface area contributed by atoms with Gasteiger partial charge in [0.2, 0.25) is 0 Å². The number of aromatic nitrogens is 2. The Kier molecular flexibility index (Phi) is 5.69. The number of aliphatic carboxylic acids is 1. The van der Waals surface area contributed by atoms with Crippen LogP contribution in [0, 0.1) is 6.92 Å². The summed E-state index contributed by atoms with van der Waals surface area (Å²) in [6, 6.07) is 3.95. The molecule has 0 unspecified atom stereocenters. The number of amides is 1. The van der Waals surface area contributed by atoms with Gasteiger partial charge < -0.3 is 20.2 Å². The molecule has 1 amide bonds. The van der Waals surface area contributed by atoms with Crippen LogP contribution in [0.3, 0.4) is 0 Å². The molecule has 2 aromatic rings. The van der Waals surface area contributed by atoms with Gasteiger partial charge in [0.05, 0.1) is 17.6 Å². The molecule has 3 N–H and O–H groups in total. The quantitative estimate of drug-likeness (QED) is 0.433. The summed E-state index contributed by atoms with van der Waals surface area (Å²) in [6.45, 7) is 1.69.